The number of nitrogens with one attached hydrogen (secondary N) is 1. The maximum absolute atomic E-state index is 13.4. The third-order valence-electron chi connectivity index (χ3n) is 3.92. The van der Waals surface area contributed by atoms with E-state index in [1.54, 1.807) is 10.6 Å². The molecule has 4 nitrogen and oxygen atoms in total. The van der Waals surface area contributed by atoms with E-state index >= 15 is 0 Å². The zero-order valence-electron chi connectivity index (χ0n) is 14.1. The Hall–Kier alpha value is -2.15. The number of aromatic nitrogens is 3. The number of aryl methyl sites for hydroxylation is 1. The highest BCUT2D eigenvalue weighted by Crippen LogP contribution is 2.23. The fourth-order valence-corrected chi connectivity index (χ4v) is 3.58. The van der Waals surface area contributed by atoms with E-state index in [1.165, 1.54) is 17.8 Å². The maximum atomic E-state index is 13.4. The highest BCUT2D eigenvalue weighted by molar-refractivity contribution is 7.98. The highest BCUT2D eigenvalue weighted by Gasteiger charge is 2.14. The Morgan fingerprint density at radius 3 is 2.76 bits per heavy atom. The molecule has 0 amide bonds. The molecule has 2 heterocycles. The number of H-pyrrole nitrogens is 1. The first-order valence-corrected chi connectivity index (χ1v) is 9.15. The fraction of sp³-hybridized carbons (Fsp3) is 0.333. The molecule has 1 N–H and O–H groups in total. The first kappa shape index (κ1) is 17.7. The number of nitrogens with zero attached hydrogens (tertiary/aromatic N) is 2. The Morgan fingerprint density at radius 1 is 1.24 bits per heavy atom. The monoisotopic (exact) mass is 363 g/mol. The highest BCUT2D eigenvalue weighted by atomic mass is 32.2. The van der Waals surface area contributed by atoms with Gasteiger partial charge >= 0.3 is 0 Å². The summed E-state index contributed by atoms with van der Waals surface area (Å²) in [5.41, 5.74) is 2.56. The Balaban J connectivity index is 1.95. The second kappa shape index (κ2) is 7.39. The van der Waals surface area contributed by atoms with Gasteiger partial charge in [0.15, 0.2) is 16.8 Å². The van der Waals surface area contributed by atoms with Gasteiger partial charge in [-0.1, -0.05) is 31.2 Å². The van der Waals surface area contributed by atoms with Gasteiger partial charge in [-0.05, 0) is 37.1 Å². The van der Waals surface area contributed by atoms with Crippen molar-refractivity contribution in [1.82, 2.24) is 14.5 Å². The van der Waals surface area contributed by atoms with Crippen LogP contribution >= 0.6 is 11.8 Å². The number of hydrogen-bond donors (Lipinski definition) is 1. The van der Waals surface area contributed by atoms with E-state index in [2.05, 4.69) is 16.9 Å². The van der Waals surface area contributed by atoms with Gasteiger partial charge in [0.05, 0.1) is 5.52 Å². The topological polar surface area (TPSA) is 50.7 Å². The largest absolute Gasteiger partial charge is 0.353 e. The lowest BCUT2D eigenvalue weighted by atomic mass is 10.2. The molecule has 0 spiro atoms. The molecule has 25 heavy (non-hydrogen) atoms. The molecule has 0 fully saturated rings. The number of rotatable bonds is 6. The smallest absolute Gasteiger partial charge is 0.278 e. The molecule has 7 heteroatoms. The lowest BCUT2D eigenvalue weighted by Crippen LogP contribution is -2.23. The summed E-state index contributed by atoms with van der Waals surface area (Å²) >= 11 is 1.35. The van der Waals surface area contributed by atoms with Crippen LogP contribution in [-0.4, -0.2) is 14.5 Å². The summed E-state index contributed by atoms with van der Waals surface area (Å²) in [7, 11) is 0. The van der Waals surface area contributed by atoms with Crippen LogP contribution in [0.3, 0.4) is 0 Å². The van der Waals surface area contributed by atoms with Crippen molar-refractivity contribution in [3.63, 3.8) is 0 Å². The van der Waals surface area contributed by atoms with E-state index in [-0.39, 0.29) is 5.56 Å². The molecule has 0 aliphatic rings. The standard InChI is InChI=1S/C18H19F2N3OS/c1-3-4-7-23-17(24)16-15(8-11(2)21-16)22-18(23)25-10-12-5-6-13(19)14(20)9-12/h5-6,8-9,21H,3-4,7,10H2,1-2H3. The van der Waals surface area contributed by atoms with Crippen LogP contribution in [0, 0.1) is 18.6 Å². The molecule has 3 rings (SSSR count). The number of unbranched alkanes of at least 4 members (excludes halogenated alkanes) is 1. The van der Waals surface area contributed by atoms with E-state index in [1.807, 2.05) is 13.0 Å². The van der Waals surface area contributed by atoms with E-state index < -0.39 is 11.6 Å². The summed E-state index contributed by atoms with van der Waals surface area (Å²) < 4.78 is 28.1. The summed E-state index contributed by atoms with van der Waals surface area (Å²) in [6, 6.07) is 5.67. The van der Waals surface area contributed by atoms with Crippen LogP contribution in [0.1, 0.15) is 31.0 Å². The van der Waals surface area contributed by atoms with Gasteiger partial charge in [0.25, 0.3) is 5.56 Å². The van der Waals surface area contributed by atoms with Crippen molar-refractivity contribution >= 4 is 22.8 Å². The molecule has 0 atom stereocenters. The van der Waals surface area contributed by atoms with Crippen molar-refractivity contribution in [2.45, 2.75) is 44.1 Å². The molecule has 0 unspecified atom stereocenters. The quantitative estimate of drug-likeness (QED) is 0.521. The van der Waals surface area contributed by atoms with E-state index in [9.17, 15) is 13.6 Å². The molecule has 2 aromatic heterocycles. The predicted octanol–water partition coefficient (Wildman–Crippen LogP) is 4.40. The Morgan fingerprint density at radius 2 is 2.04 bits per heavy atom. The van der Waals surface area contributed by atoms with Gasteiger partial charge in [0, 0.05) is 18.0 Å². The van der Waals surface area contributed by atoms with E-state index in [4.69, 9.17) is 0 Å². The Kier molecular flexibility index (Phi) is 5.22. The van der Waals surface area contributed by atoms with Crippen LogP contribution in [0.15, 0.2) is 34.2 Å². The SMILES string of the molecule is CCCCn1c(SCc2ccc(F)c(F)c2)nc2cc(C)[nH]c2c1=O. The summed E-state index contributed by atoms with van der Waals surface area (Å²) in [5, 5.41) is 0.592. The minimum absolute atomic E-state index is 0.0978. The van der Waals surface area contributed by atoms with Gasteiger partial charge in [0.1, 0.15) is 5.52 Å². The first-order valence-electron chi connectivity index (χ1n) is 8.16. The van der Waals surface area contributed by atoms with Crippen molar-refractivity contribution < 1.29 is 8.78 Å². The number of benzene rings is 1. The van der Waals surface area contributed by atoms with E-state index in [0.29, 0.717) is 34.1 Å². The third-order valence-corrected chi connectivity index (χ3v) is 4.97. The second-order valence-corrected chi connectivity index (χ2v) is 6.90. The van der Waals surface area contributed by atoms with Crippen LogP contribution < -0.4 is 5.56 Å². The molecule has 0 saturated heterocycles. The van der Waals surface area contributed by atoms with Crippen LogP contribution in [-0.2, 0) is 12.3 Å². The summed E-state index contributed by atoms with van der Waals surface area (Å²) in [4.78, 5) is 20.4. The average Bonchev–Trinajstić information content (AvgIpc) is 2.96. The fourth-order valence-electron chi connectivity index (χ4n) is 2.61. The minimum atomic E-state index is -0.869. The van der Waals surface area contributed by atoms with Gasteiger partial charge in [-0.2, -0.15) is 0 Å². The van der Waals surface area contributed by atoms with Crippen molar-refractivity contribution in [1.29, 1.82) is 0 Å². The van der Waals surface area contributed by atoms with E-state index in [0.717, 1.165) is 24.6 Å². The summed E-state index contributed by atoms with van der Waals surface area (Å²) in [6.45, 7) is 4.52. The first-order chi connectivity index (χ1) is 12.0. The zero-order valence-corrected chi connectivity index (χ0v) is 14.9. The lowest BCUT2D eigenvalue weighted by molar-refractivity contribution is 0.507. The molecular weight excluding hydrogens is 344 g/mol. The third kappa shape index (κ3) is 3.76. The number of fused-ring (bicyclic) bond motifs is 1. The molecule has 132 valence electrons. The van der Waals surface area contributed by atoms with Crippen molar-refractivity contribution in [3.8, 4) is 0 Å². The predicted molar refractivity (Wildman–Crippen MR) is 95.9 cm³/mol. The van der Waals surface area contributed by atoms with Crippen molar-refractivity contribution in [2.75, 3.05) is 0 Å². The number of halogens is 2. The lowest BCUT2D eigenvalue weighted by Gasteiger charge is -2.11. The number of hydrogen-bond acceptors (Lipinski definition) is 3. The Labute approximate surface area is 148 Å². The normalized spacial score (nSPS) is 11.4. The molecule has 0 saturated carbocycles. The molecule has 3 aromatic rings. The molecule has 0 radical (unpaired) electrons. The summed E-state index contributed by atoms with van der Waals surface area (Å²) in [5.74, 6) is -1.33. The van der Waals surface area contributed by atoms with Gasteiger partial charge < -0.3 is 4.98 Å². The van der Waals surface area contributed by atoms with Gasteiger partial charge in [0.2, 0.25) is 0 Å². The molecule has 0 bridgehead atoms. The average molecular weight is 363 g/mol. The van der Waals surface area contributed by atoms with Crippen LogP contribution in [0.2, 0.25) is 0 Å². The van der Waals surface area contributed by atoms with Crippen molar-refractivity contribution in [2.24, 2.45) is 0 Å². The second-order valence-electron chi connectivity index (χ2n) is 5.95. The zero-order chi connectivity index (χ0) is 18.0. The Bertz CT molecular complexity index is 965. The number of aromatic amines is 1. The molecular formula is C18H19F2N3OS. The molecule has 1 aromatic carbocycles. The van der Waals surface area contributed by atoms with Crippen molar-refractivity contribution in [3.05, 3.63) is 57.5 Å². The minimum Gasteiger partial charge on any atom is -0.353 e. The van der Waals surface area contributed by atoms with Crippen LogP contribution in [0.25, 0.3) is 11.0 Å². The van der Waals surface area contributed by atoms with Gasteiger partial charge in [-0.3, -0.25) is 9.36 Å². The number of thioether (sulfide) groups is 1. The molecule has 0 aliphatic heterocycles. The molecule has 0 aliphatic carbocycles. The van der Waals surface area contributed by atoms with Gasteiger partial charge in [-0.15, -0.1) is 0 Å². The van der Waals surface area contributed by atoms with Crippen LogP contribution in [0.4, 0.5) is 8.78 Å². The van der Waals surface area contributed by atoms with Crippen LogP contribution in [0.5, 0.6) is 0 Å². The maximum Gasteiger partial charge on any atom is 0.278 e. The summed E-state index contributed by atoms with van der Waals surface area (Å²) in [6.07, 6.45) is 1.83. The van der Waals surface area contributed by atoms with Gasteiger partial charge in [-0.25, -0.2) is 13.8 Å².